The molecule has 1 aromatic heterocycles. The van der Waals surface area contributed by atoms with Crippen molar-refractivity contribution in [2.24, 2.45) is 5.73 Å². The zero-order valence-electron chi connectivity index (χ0n) is 9.38. The molecule has 0 saturated heterocycles. The number of rotatable bonds is 6. The smallest absolute Gasteiger partial charge is 0.328 e. The average molecular weight is 268 g/mol. The Balaban J connectivity index is 2.54. The van der Waals surface area contributed by atoms with Gasteiger partial charge in [0.25, 0.3) is 5.91 Å². The number of carbonyl (C=O) groups is 3. The van der Waals surface area contributed by atoms with E-state index in [4.69, 9.17) is 10.8 Å². The van der Waals surface area contributed by atoms with Crippen LogP contribution in [0.2, 0.25) is 0 Å². The molecular weight excluding hydrogens is 256 g/mol. The van der Waals surface area contributed by atoms with Gasteiger partial charge in [0.2, 0.25) is 5.91 Å². The lowest BCUT2D eigenvalue weighted by atomic mass is 10.2. The van der Waals surface area contributed by atoms with Crippen molar-refractivity contribution in [3.63, 3.8) is 0 Å². The Morgan fingerprint density at radius 1 is 1.44 bits per heavy atom. The van der Waals surface area contributed by atoms with Crippen molar-refractivity contribution >= 4 is 35.2 Å². The molecule has 4 N–H and O–H groups in total. The molecule has 2 amide bonds. The molecule has 6 nitrogen and oxygen atoms in total. The maximum absolute atomic E-state index is 11.6. The number of primary amides is 1. The molecule has 0 bridgehead atoms. The van der Waals surface area contributed by atoms with Gasteiger partial charge in [0, 0.05) is 29.3 Å². The molecular formula is C11H12N2O4S. The lowest BCUT2D eigenvalue weighted by Gasteiger charge is -2.00. The van der Waals surface area contributed by atoms with Crippen LogP contribution in [0.15, 0.2) is 17.5 Å². The minimum Gasteiger partial charge on any atom is -0.478 e. The van der Waals surface area contributed by atoms with Crippen LogP contribution >= 0.6 is 11.3 Å². The Kier molecular flexibility index (Phi) is 5.06. The van der Waals surface area contributed by atoms with E-state index in [1.54, 1.807) is 11.4 Å². The van der Waals surface area contributed by atoms with E-state index in [1.807, 2.05) is 0 Å². The monoisotopic (exact) mass is 268 g/mol. The quantitative estimate of drug-likeness (QED) is 0.651. The summed E-state index contributed by atoms with van der Waals surface area (Å²) in [5.41, 5.74) is 5.36. The van der Waals surface area contributed by atoms with E-state index in [9.17, 15) is 14.4 Å². The number of aliphatic carboxylic acids is 1. The first-order chi connectivity index (χ1) is 8.49. The van der Waals surface area contributed by atoms with Gasteiger partial charge in [0.05, 0.1) is 5.56 Å². The minimum atomic E-state index is -1.05. The summed E-state index contributed by atoms with van der Waals surface area (Å²) in [6.45, 7) is 0.185. The summed E-state index contributed by atoms with van der Waals surface area (Å²) in [6, 6.07) is 1.57. The molecule has 18 heavy (non-hydrogen) atoms. The van der Waals surface area contributed by atoms with Crippen molar-refractivity contribution < 1.29 is 19.5 Å². The Labute approximate surface area is 107 Å². The lowest BCUT2D eigenvalue weighted by Crippen LogP contribution is -2.27. The standard InChI is InChI=1S/C11H12N2O4S/c12-9(14)3-4-13-11(17)7-5-8(18-6-7)1-2-10(15)16/h1-2,5-6H,3-4H2,(H2,12,14)(H,13,17)(H,15,16). The molecule has 1 rings (SSSR count). The van der Waals surface area contributed by atoms with Gasteiger partial charge in [0.1, 0.15) is 0 Å². The van der Waals surface area contributed by atoms with Gasteiger partial charge >= 0.3 is 5.97 Å². The number of hydrogen-bond acceptors (Lipinski definition) is 4. The van der Waals surface area contributed by atoms with E-state index in [-0.39, 0.29) is 18.9 Å². The van der Waals surface area contributed by atoms with Crippen LogP contribution in [0, 0.1) is 0 Å². The van der Waals surface area contributed by atoms with Gasteiger partial charge in [-0.15, -0.1) is 11.3 Å². The average Bonchev–Trinajstić information content (AvgIpc) is 2.74. The number of nitrogens with two attached hydrogens (primary N) is 1. The van der Waals surface area contributed by atoms with Crippen LogP contribution < -0.4 is 11.1 Å². The van der Waals surface area contributed by atoms with Gasteiger partial charge in [-0.1, -0.05) is 0 Å². The molecule has 0 aromatic carbocycles. The Bertz CT molecular complexity index is 493. The second-order valence-electron chi connectivity index (χ2n) is 3.38. The molecule has 0 aliphatic heterocycles. The summed E-state index contributed by atoms with van der Waals surface area (Å²) in [4.78, 5) is 33.0. The van der Waals surface area contributed by atoms with E-state index in [2.05, 4.69) is 5.32 Å². The van der Waals surface area contributed by atoms with Gasteiger partial charge in [-0.25, -0.2) is 4.79 Å². The van der Waals surface area contributed by atoms with Crippen molar-refractivity contribution in [2.75, 3.05) is 6.54 Å². The van der Waals surface area contributed by atoms with Crippen LogP contribution in [0.4, 0.5) is 0 Å². The maximum Gasteiger partial charge on any atom is 0.328 e. The third-order valence-corrected chi connectivity index (χ3v) is 2.83. The molecule has 0 fully saturated rings. The van der Waals surface area contributed by atoms with Crippen LogP contribution in [0.3, 0.4) is 0 Å². The third-order valence-electron chi connectivity index (χ3n) is 1.93. The Hall–Kier alpha value is -2.15. The molecule has 0 radical (unpaired) electrons. The Morgan fingerprint density at radius 2 is 2.17 bits per heavy atom. The third kappa shape index (κ3) is 4.79. The lowest BCUT2D eigenvalue weighted by molar-refractivity contribution is -0.131. The normalized spacial score (nSPS) is 10.4. The van der Waals surface area contributed by atoms with Gasteiger partial charge in [-0.05, 0) is 12.1 Å². The molecule has 0 aliphatic rings. The summed E-state index contributed by atoms with van der Waals surface area (Å²) in [5.74, 6) is -1.84. The minimum absolute atomic E-state index is 0.0850. The summed E-state index contributed by atoms with van der Waals surface area (Å²) in [6.07, 6.45) is 2.50. The van der Waals surface area contributed by atoms with Crippen molar-refractivity contribution in [1.82, 2.24) is 5.32 Å². The largest absolute Gasteiger partial charge is 0.478 e. The van der Waals surface area contributed by atoms with Crippen LogP contribution in [-0.4, -0.2) is 29.4 Å². The molecule has 0 spiro atoms. The van der Waals surface area contributed by atoms with Crippen LogP contribution in [0.1, 0.15) is 21.7 Å². The first-order valence-electron chi connectivity index (χ1n) is 5.05. The van der Waals surface area contributed by atoms with Gasteiger partial charge < -0.3 is 16.2 Å². The molecule has 7 heteroatoms. The van der Waals surface area contributed by atoms with Crippen LogP contribution in [-0.2, 0) is 9.59 Å². The second kappa shape index (κ2) is 6.55. The molecule has 96 valence electrons. The van der Waals surface area contributed by atoms with E-state index in [0.29, 0.717) is 10.4 Å². The van der Waals surface area contributed by atoms with E-state index < -0.39 is 11.9 Å². The highest BCUT2D eigenvalue weighted by Gasteiger charge is 2.07. The molecule has 1 aromatic rings. The number of carboxylic acids is 1. The number of amides is 2. The first-order valence-corrected chi connectivity index (χ1v) is 5.93. The molecule has 0 aliphatic carbocycles. The van der Waals surface area contributed by atoms with Crippen molar-refractivity contribution in [2.45, 2.75) is 6.42 Å². The van der Waals surface area contributed by atoms with Crippen LogP contribution in [0.25, 0.3) is 6.08 Å². The summed E-state index contributed by atoms with van der Waals surface area (Å²) < 4.78 is 0. The fourth-order valence-corrected chi connectivity index (χ4v) is 1.89. The molecule has 1 heterocycles. The highest BCUT2D eigenvalue weighted by atomic mass is 32.1. The topological polar surface area (TPSA) is 109 Å². The fourth-order valence-electron chi connectivity index (χ4n) is 1.11. The Morgan fingerprint density at radius 3 is 2.78 bits per heavy atom. The SMILES string of the molecule is NC(=O)CCNC(=O)c1csc(C=CC(=O)O)c1. The van der Waals surface area contributed by atoms with Crippen molar-refractivity contribution in [1.29, 1.82) is 0 Å². The summed E-state index contributed by atoms with van der Waals surface area (Å²) in [5, 5.41) is 12.6. The first kappa shape index (κ1) is 13.9. The second-order valence-corrected chi connectivity index (χ2v) is 4.32. The van der Waals surface area contributed by atoms with Gasteiger partial charge in [-0.3, -0.25) is 9.59 Å². The van der Waals surface area contributed by atoms with Crippen LogP contribution in [0.5, 0.6) is 0 Å². The maximum atomic E-state index is 11.6. The number of thiophene rings is 1. The highest BCUT2D eigenvalue weighted by Crippen LogP contribution is 2.16. The number of nitrogens with one attached hydrogen (secondary N) is 1. The fraction of sp³-hybridized carbons (Fsp3) is 0.182. The summed E-state index contributed by atoms with van der Waals surface area (Å²) >= 11 is 1.26. The van der Waals surface area contributed by atoms with Gasteiger partial charge in [-0.2, -0.15) is 0 Å². The summed E-state index contributed by atoms with van der Waals surface area (Å²) in [7, 11) is 0. The molecule has 0 unspecified atom stereocenters. The zero-order chi connectivity index (χ0) is 13.5. The number of hydrogen-bond donors (Lipinski definition) is 3. The number of carbonyl (C=O) groups excluding carboxylic acids is 2. The van der Waals surface area contributed by atoms with E-state index >= 15 is 0 Å². The van der Waals surface area contributed by atoms with E-state index in [0.717, 1.165) is 6.08 Å². The van der Waals surface area contributed by atoms with Crippen molar-refractivity contribution in [3.05, 3.63) is 28.0 Å². The predicted octanol–water partition coefficient (Wildman–Crippen LogP) is 0.451. The van der Waals surface area contributed by atoms with Crippen molar-refractivity contribution in [3.8, 4) is 0 Å². The highest BCUT2D eigenvalue weighted by molar-refractivity contribution is 7.11. The number of carboxylic acid groups (broad SMARTS) is 1. The molecule has 0 saturated carbocycles. The zero-order valence-corrected chi connectivity index (χ0v) is 10.2. The van der Waals surface area contributed by atoms with E-state index in [1.165, 1.54) is 17.4 Å². The molecule has 0 atom stereocenters. The van der Waals surface area contributed by atoms with Gasteiger partial charge in [0.15, 0.2) is 0 Å². The predicted molar refractivity (Wildman–Crippen MR) is 67.1 cm³/mol.